The predicted molar refractivity (Wildman–Crippen MR) is 258 cm³/mol. The first-order valence-corrected chi connectivity index (χ1v) is 24.8. The molecule has 0 aromatic rings. The molecule has 0 aliphatic carbocycles. The maximum absolute atomic E-state index is 13.0. The zero-order valence-electron chi connectivity index (χ0n) is 39.1. The molecule has 0 aromatic carbocycles. The van der Waals surface area contributed by atoms with Gasteiger partial charge >= 0.3 is 0 Å². The smallest absolute Gasteiger partial charge is 0.220 e. The van der Waals surface area contributed by atoms with E-state index in [0.717, 1.165) is 89.9 Å². The molecule has 0 spiro atoms. The van der Waals surface area contributed by atoms with Gasteiger partial charge in [-0.15, -0.1) is 0 Å². The number of hydrogen-bond donors (Lipinski definition) is 6. The Morgan fingerprint density at radius 3 is 1.48 bits per heavy atom. The fraction of sp³-hybridized carbons (Fsp3) is 0.717. The molecule has 0 aromatic heterocycles. The number of aliphatic hydroxyl groups excluding tert-OH is 5. The average Bonchev–Trinajstić information content (AvgIpc) is 3.27. The quantitative estimate of drug-likeness (QED) is 0.0263. The maximum Gasteiger partial charge on any atom is 0.220 e. The maximum atomic E-state index is 13.0. The topological polar surface area (TPSA) is 149 Å². The van der Waals surface area contributed by atoms with Crippen molar-refractivity contribution in [2.75, 3.05) is 13.2 Å². The summed E-state index contributed by atoms with van der Waals surface area (Å²) in [4.78, 5) is 13.0. The zero-order chi connectivity index (χ0) is 45.1. The summed E-state index contributed by atoms with van der Waals surface area (Å²) in [6, 6.07) is -0.810. The molecule has 1 rings (SSSR count). The molecule has 1 heterocycles. The van der Waals surface area contributed by atoms with Crippen LogP contribution in [-0.4, -0.2) is 87.5 Å². The van der Waals surface area contributed by atoms with Crippen molar-refractivity contribution in [2.24, 2.45) is 0 Å². The van der Waals surface area contributed by atoms with E-state index in [9.17, 15) is 30.3 Å². The molecule has 7 unspecified atom stereocenters. The lowest BCUT2D eigenvalue weighted by Gasteiger charge is -2.40. The van der Waals surface area contributed by atoms with Crippen LogP contribution in [0.4, 0.5) is 0 Å². The van der Waals surface area contributed by atoms with E-state index in [0.29, 0.717) is 6.42 Å². The lowest BCUT2D eigenvalue weighted by molar-refractivity contribution is -0.302. The number of carbonyl (C=O) groups is 1. The molecule has 9 nitrogen and oxygen atoms in total. The van der Waals surface area contributed by atoms with Crippen LogP contribution in [0.3, 0.4) is 0 Å². The Morgan fingerprint density at radius 1 is 0.565 bits per heavy atom. The van der Waals surface area contributed by atoms with Crippen molar-refractivity contribution in [1.29, 1.82) is 0 Å². The van der Waals surface area contributed by atoms with E-state index < -0.39 is 49.5 Å². The first-order valence-electron chi connectivity index (χ1n) is 24.8. The number of amides is 1. The van der Waals surface area contributed by atoms with Crippen LogP contribution in [0.5, 0.6) is 0 Å². The van der Waals surface area contributed by atoms with E-state index in [2.05, 4.69) is 92.1 Å². The third-order valence-corrected chi connectivity index (χ3v) is 11.2. The predicted octanol–water partition coefficient (Wildman–Crippen LogP) is 11.1. The first kappa shape index (κ1) is 57.4. The molecule has 0 radical (unpaired) electrons. The van der Waals surface area contributed by atoms with Crippen LogP contribution in [0.2, 0.25) is 0 Å². The third kappa shape index (κ3) is 32.1. The van der Waals surface area contributed by atoms with Crippen LogP contribution in [-0.2, 0) is 14.3 Å². The summed E-state index contributed by atoms with van der Waals surface area (Å²) >= 11 is 0. The Balaban J connectivity index is 2.21. The lowest BCUT2D eigenvalue weighted by Crippen LogP contribution is -2.60. The molecule has 7 atom stereocenters. The second kappa shape index (κ2) is 42.3. The fourth-order valence-electron chi connectivity index (χ4n) is 7.28. The van der Waals surface area contributed by atoms with Crippen LogP contribution in [0, 0.1) is 0 Å². The second-order valence-corrected chi connectivity index (χ2v) is 16.9. The molecule has 62 heavy (non-hydrogen) atoms. The van der Waals surface area contributed by atoms with Gasteiger partial charge < -0.3 is 40.3 Å². The number of carbonyl (C=O) groups excluding carboxylic acids is 1. The van der Waals surface area contributed by atoms with Crippen molar-refractivity contribution in [1.82, 2.24) is 5.32 Å². The highest BCUT2D eigenvalue weighted by Crippen LogP contribution is 2.22. The minimum atomic E-state index is -1.57. The van der Waals surface area contributed by atoms with Gasteiger partial charge in [-0.3, -0.25) is 4.79 Å². The summed E-state index contributed by atoms with van der Waals surface area (Å²) in [6.07, 6.45) is 52.1. The summed E-state index contributed by atoms with van der Waals surface area (Å²) in [5.74, 6) is -0.188. The standard InChI is InChI=1S/C53H91NO8/c1-3-5-7-9-11-13-15-16-17-18-19-20-21-22-23-24-25-26-27-28-29-30-31-32-33-35-37-39-41-43-49(57)54-46(45-61-53-52(60)51(59)50(58)48(44-55)62-53)47(56)42-40-38-36-34-14-12-10-8-6-4-2/h5,7,11,13,16-17,19-20,22-23,25-26,40,42,46-48,50-53,55-56,58-60H,3-4,6,8-10,12,14-15,18,21,24,27-39,41,43-45H2,1-2H3,(H,54,57)/b7-5-,13-11-,17-16-,20-19-,23-22-,26-25-,42-40+. The van der Waals surface area contributed by atoms with E-state index in [1.165, 1.54) is 77.0 Å². The molecule has 1 fully saturated rings. The lowest BCUT2D eigenvalue weighted by atomic mass is 9.99. The monoisotopic (exact) mass is 870 g/mol. The van der Waals surface area contributed by atoms with Gasteiger partial charge in [-0.25, -0.2) is 0 Å². The summed E-state index contributed by atoms with van der Waals surface area (Å²) in [7, 11) is 0. The summed E-state index contributed by atoms with van der Waals surface area (Å²) in [6.45, 7) is 3.62. The summed E-state index contributed by atoms with van der Waals surface area (Å²) in [5, 5.41) is 54.1. The highest BCUT2D eigenvalue weighted by atomic mass is 16.7. The van der Waals surface area contributed by atoms with Crippen LogP contribution in [0.25, 0.3) is 0 Å². The highest BCUT2D eigenvalue weighted by molar-refractivity contribution is 5.76. The van der Waals surface area contributed by atoms with Crippen molar-refractivity contribution in [3.05, 3.63) is 85.1 Å². The Hall–Kier alpha value is -2.63. The molecule has 1 aliphatic heterocycles. The SMILES string of the molecule is CC/C=C\C/C=C\C/C=C\C/C=C\C/C=C\C/C=C\CCCCCCCCCCCCC(=O)NC(COC1OC(CO)C(O)C(O)C1O)C(O)/C=C/CCCCCCCCCC. The van der Waals surface area contributed by atoms with Gasteiger partial charge in [0.15, 0.2) is 6.29 Å². The van der Waals surface area contributed by atoms with Gasteiger partial charge in [-0.1, -0.05) is 195 Å². The van der Waals surface area contributed by atoms with Gasteiger partial charge in [0.05, 0.1) is 25.4 Å². The van der Waals surface area contributed by atoms with Crippen LogP contribution >= 0.6 is 0 Å². The van der Waals surface area contributed by atoms with Crippen LogP contribution in [0.15, 0.2) is 85.1 Å². The van der Waals surface area contributed by atoms with Gasteiger partial charge in [0.25, 0.3) is 0 Å². The van der Waals surface area contributed by atoms with Gasteiger partial charge in [0.1, 0.15) is 24.4 Å². The summed E-state index contributed by atoms with van der Waals surface area (Å²) in [5.41, 5.74) is 0. The third-order valence-electron chi connectivity index (χ3n) is 11.2. The molecule has 1 amide bonds. The highest BCUT2D eigenvalue weighted by Gasteiger charge is 2.44. The second-order valence-electron chi connectivity index (χ2n) is 16.9. The molecule has 6 N–H and O–H groups in total. The Kier molecular flexibility index (Phi) is 39.2. The largest absolute Gasteiger partial charge is 0.394 e. The van der Waals surface area contributed by atoms with Crippen LogP contribution in [0.1, 0.15) is 187 Å². The molecule has 0 saturated carbocycles. The molecule has 356 valence electrons. The van der Waals surface area contributed by atoms with E-state index in [4.69, 9.17) is 9.47 Å². The van der Waals surface area contributed by atoms with E-state index in [1.54, 1.807) is 6.08 Å². The molecule has 9 heteroatoms. The van der Waals surface area contributed by atoms with Crippen molar-refractivity contribution in [3.63, 3.8) is 0 Å². The zero-order valence-corrected chi connectivity index (χ0v) is 39.1. The van der Waals surface area contributed by atoms with Gasteiger partial charge in [-0.2, -0.15) is 0 Å². The van der Waals surface area contributed by atoms with Crippen molar-refractivity contribution in [2.45, 2.75) is 230 Å². The molecule has 0 bridgehead atoms. The number of allylic oxidation sites excluding steroid dienone is 13. The number of hydrogen-bond acceptors (Lipinski definition) is 8. The Labute approximate surface area is 378 Å². The first-order chi connectivity index (χ1) is 30.3. The van der Waals surface area contributed by atoms with Crippen molar-refractivity contribution >= 4 is 5.91 Å². The van der Waals surface area contributed by atoms with E-state index in [-0.39, 0.29) is 12.5 Å². The Bertz CT molecular complexity index is 1240. The van der Waals surface area contributed by atoms with Crippen molar-refractivity contribution in [3.8, 4) is 0 Å². The fourth-order valence-corrected chi connectivity index (χ4v) is 7.28. The van der Waals surface area contributed by atoms with Crippen LogP contribution < -0.4 is 5.32 Å². The Morgan fingerprint density at radius 2 is 1.00 bits per heavy atom. The minimum absolute atomic E-state index is 0.188. The molecular formula is C53H91NO8. The number of rotatable bonds is 40. The van der Waals surface area contributed by atoms with Gasteiger partial charge in [0.2, 0.25) is 5.91 Å². The van der Waals surface area contributed by atoms with Gasteiger partial charge in [-0.05, 0) is 70.6 Å². The van der Waals surface area contributed by atoms with Crippen molar-refractivity contribution < 1.29 is 39.8 Å². The number of aliphatic hydroxyl groups is 5. The molecule has 1 aliphatic rings. The summed E-state index contributed by atoms with van der Waals surface area (Å²) < 4.78 is 11.2. The normalized spacial score (nSPS) is 21.0. The van der Waals surface area contributed by atoms with Gasteiger partial charge in [0, 0.05) is 6.42 Å². The van der Waals surface area contributed by atoms with E-state index >= 15 is 0 Å². The molecular weight excluding hydrogens is 779 g/mol. The number of unbranched alkanes of at least 4 members (excludes halogenated alkanes) is 18. The molecule has 1 saturated heterocycles. The average molecular weight is 870 g/mol. The minimum Gasteiger partial charge on any atom is -0.394 e. The number of nitrogens with one attached hydrogen (secondary N) is 1. The number of ether oxygens (including phenoxy) is 2. The van der Waals surface area contributed by atoms with E-state index in [1.807, 2.05) is 6.08 Å².